The molecular weight excluding hydrogens is 264 g/mol. The minimum absolute atomic E-state index is 0.0722. The minimum atomic E-state index is 0.0722. The van der Waals surface area contributed by atoms with E-state index in [1.807, 2.05) is 24.3 Å². The van der Waals surface area contributed by atoms with Crippen molar-refractivity contribution in [3.8, 4) is 5.75 Å². The second-order valence-electron chi connectivity index (χ2n) is 5.85. The monoisotopic (exact) mass is 290 g/mol. The molecule has 0 aromatic heterocycles. The van der Waals surface area contributed by atoms with E-state index in [0.29, 0.717) is 18.5 Å². The quantitative estimate of drug-likeness (QED) is 0.774. The van der Waals surface area contributed by atoms with E-state index >= 15 is 0 Å². The van der Waals surface area contributed by atoms with E-state index in [0.717, 1.165) is 17.7 Å². The predicted molar refractivity (Wildman–Crippen MR) is 84.4 cm³/mol. The molecule has 1 aliphatic rings. The maximum absolute atomic E-state index is 12.1. The number of rotatable bonds is 8. The zero-order valence-electron chi connectivity index (χ0n) is 13.2. The van der Waals surface area contributed by atoms with Crippen molar-refractivity contribution in [3.05, 3.63) is 29.8 Å². The molecule has 0 heterocycles. The predicted octanol–water partition coefficient (Wildman–Crippen LogP) is 2.65. The number of nitrogens with one attached hydrogen (secondary N) is 2. The molecule has 21 heavy (non-hydrogen) atoms. The maximum Gasteiger partial charge on any atom is 0.234 e. The van der Waals surface area contributed by atoms with Gasteiger partial charge in [-0.3, -0.25) is 4.79 Å². The number of ether oxygens (including phenoxy) is 1. The number of methoxy groups -OCH3 is 1. The Morgan fingerprint density at radius 1 is 1.33 bits per heavy atom. The first kappa shape index (κ1) is 15.8. The highest BCUT2D eigenvalue weighted by Crippen LogP contribution is 2.41. The highest BCUT2D eigenvalue weighted by molar-refractivity contribution is 5.78. The lowest BCUT2D eigenvalue weighted by Crippen LogP contribution is -2.39. The first-order chi connectivity index (χ1) is 10.1. The lowest BCUT2D eigenvalue weighted by atomic mass is 10.0. The molecule has 2 rings (SSSR count). The molecule has 0 saturated heterocycles. The molecule has 2 atom stereocenters. The SMILES string of the molecule is CCC(C)NCC(=O)NC(c1ccc(OC)cc1)C1CC1. The Balaban J connectivity index is 1.94. The van der Waals surface area contributed by atoms with Crippen LogP contribution in [0.2, 0.25) is 0 Å². The van der Waals surface area contributed by atoms with E-state index in [9.17, 15) is 4.79 Å². The molecule has 1 amide bonds. The Morgan fingerprint density at radius 3 is 2.52 bits per heavy atom. The van der Waals surface area contributed by atoms with Gasteiger partial charge in [-0.25, -0.2) is 0 Å². The van der Waals surface area contributed by atoms with Crippen molar-refractivity contribution in [2.75, 3.05) is 13.7 Å². The van der Waals surface area contributed by atoms with Gasteiger partial charge in [-0.2, -0.15) is 0 Å². The average Bonchev–Trinajstić information content (AvgIpc) is 3.35. The number of hydrogen-bond acceptors (Lipinski definition) is 3. The van der Waals surface area contributed by atoms with Crippen molar-refractivity contribution < 1.29 is 9.53 Å². The molecule has 0 aliphatic heterocycles. The van der Waals surface area contributed by atoms with Crippen molar-refractivity contribution >= 4 is 5.91 Å². The summed E-state index contributed by atoms with van der Waals surface area (Å²) in [4.78, 5) is 12.1. The van der Waals surface area contributed by atoms with Crippen LogP contribution in [0.15, 0.2) is 24.3 Å². The van der Waals surface area contributed by atoms with Crippen LogP contribution in [0.4, 0.5) is 0 Å². The van der Waals surface area contributed by atoms with E-state index in [-0.39, 0.29) is 11.9 Å². The molecule has 1 fully saturated rings. The lowest BCUT2D eigenvalue weighted by Gasteiger charge is -2.20. The molecule has 1 aliphatic carbocycles. The van der Waals surface area contributed by atoms with Gasteiger partial charge in [0.1, 0.15) is 5.75 Å². The Bertz CT molecular complexity index is 454. The summed E-state index contributed by atoms with van der Waals surface area (Å²) in [6.07, 6.45) is 3.41. The molecule has 1 aromatic carbocycles. The molecule has 2 N–H and O–H groups in total. The second-order valence-corrected chi connectivity index (χ2v) is 5.85. The number of carbonyl (C=O) groups excluding carboxylic acids is 1. The van der Waals surface area contributed by atoms with Crippen LogP contribution >= 0.6 is 0 Å². The molecular formula is C17H26N2O2. The summed E-state index contributed by atoms with van der Waals surface area (Å²) in [5.74, 6) is 1.49. The van der Waals surface area contributed by atoms with Gasteiger partial charge < -0.3 is 15.4 Å². The van der Waals surface area contributed by atoms with Crippen molar-refractivity contribution in [2.24, 2.45) is 5.92 Å². The van der Waals surface area contributed by atoms with Gasteiger partial charge in [0.25, 0.3) is 0 Å². The van der Waals surface area contributed by atoms with Gasteiger partial charge in [-0.05, 0) is 49.8 Å². The van der Waals surface area contributed by atoms with Gasteiger partial charge in [0, 0.05) is 6.04 Å². The molecule has 116 valence electrons. The molecule has 1 aromatic rings. The Labute approximate surface area is 127 Å². The smallest absolute Gasteiger partial charge is 0.234 e. The molecule has 4 heteroatoms. The number of benzene rings is 1. The van der Waals surface area contributed by atoms with Crippen molar-refractivity contribution in [1.82, 2.24) is 10.6 Å². The average molecular weight is 290 g/mol. The Hall–Kier alpha value is -1.55. The first-order valence-corrected chi connectivity index (χ1v) is 7.80. The molecule has 0 spiro atoms. The van der Waals surface area contributed by atoms with Crippen LogP contribution < -0.4 is 15.4 Å². The number of hydrogen-bond donors (Lipinski definition) is 2. The van der Waals surface area contributed by atoms with Crippen LogP contribution in [0.25, 0.3) is 0 Å². The summed E-state index contributed by atoms with van der Waals surface area (Å²) in [5, 5.41) is 6.40. The van der Waals surface area contributed by atoms with Gasteiger partial charge in [-0.15, -0.1) is 0 Å². The summed E-state index contributed by atoms with van der Waals surface area (Å²) in [5.41, 5.74) is 1.16. The molecule has 1 saturated carbocycles. The fraction of sp³-hybridized carbons (Fsp3) is 0.588. The summed E-state index contributed by atoms with van der Waals surface area (Å²) in [6, 6.07) is 8.50. The van der Waals surface area contributed by atoms with Crippen molar-refractivity contribution in [3.63, 3.8) is 0 Å². The van der Waals surface area contributed by atoms with Gasteiger partial charge >= 0.3 is 0 Å². The molecule has 0 bridgehead atoms. The van der Waals surface area contributed by atoms with E-state index in [4.69, 9.17) is 4.74 Å². The second kappa shape index (κ2) is 7.46. The zero-order chi connectivity index (χ0) is 15.2. The fourth-order valence-corrected chi connectivity index (χ4v) is 2.35. The third-order valence-corrected chi connectivity index (χ3v) is 4.11. The third-order valence-electron chi connectivity index (χ3n) is 4.11. The van der Waals surface area contributed by atoms with Gasteiger partial charge in [0.2, 0.25) is 5.91 Å². The van der Waals surface area contributed by atoms with Crippen LogP contribution in [-0.2, 0) is 4.79 Å². The summed E-state index contributed by atoms with van der Waals surface area (Å²) in [6.45, 7) is 4.59. The van der Waals surface area contributed by atoms with E-state index in [2.05, 4.69) is 24.5 Å². The molecule has 4 nitrogen and oxygen atoms in total. The molecule has 2 unspecified atom stereocenters. The van der Waals surface area contributed by atoms with E-state index < -0.39 is 0 Å². The fourth-order valence-electron chi connectivity index (χ4n) is 2.35. The highest BCUT2D eigenvalue weighted by atomic mass is 16.5. The topological polar surface area (TPSA) is 50.4 Å². The van der Waals surface area contributed by atoms with Crippen LogP contribution in [0.1, 0.15) is 44.7 Å². The summed E-state index contributed by atoms with van der Waals surface area (Å²) in [7, 11) is 1.66. The maximum atomic E-state index is 12.1. The molecule has 0 radical (unpaired) electrons. The minimum Gasteiger partial charge on any atom is -0.497 e. The van der Waals surface area contributed by atoms with Gasteiger partial charge in [0.15, 0.2) is 0 Å². The lowest BCUT2D eigenvalue weighted by molar-refractivity contribution is -0.121. The van der Waals surface area contributed by atoms with Crippen molar-refractivity contribution in [1.29, 1.82) is 0 Å². The van der Waals surface area contributed by atoms with Gasteiger partial charge in [0.05, 0.1) is 19.7 Å². The summed E-state index contributed by atoms with van der Waals surface area (Å²) >= 11 is 0. The van der Waals surface area contributed by atoms with E-state index in [1.54, 1.807) is 7.11 Å². The van der Waals surface area contributed by atoms with Crippen LogP contribution in [-0.4, -0.2) is 25.6 Å². The first-order valence-electron chi connectivity index (χ1n) is 7.80. The van der Waals surface area contributed by atoms with Crippen LogP contribution in [0.3, 0.4) is 0 Å². The Morgan fingerprint density at radius 2 is 2.00 bits per heavy atom. The summed E-state index contributed by atoms with van der Waals surface area (Å²) < 4.78 is 5.19. The normalized spacial score (nSPS) is 17.1. The zero-order valence-corrected chi connectivity index (χ0v) is 13.2. The Kier molecular flexibility index (Phi) is 5.62. The number of carbonyl (C=O) groups is 1. The number of amides is 1. The highest BCUT2D eigenvalue weighted by Gasteiger charge is 2.33. The standard InChI is InChI=1S/C17H26N2O2/c1-4-12(2)18-11-16(20)19-17(13-5-6-13)14-7-9-15(21-3)10-8-14/h7-10,12-13,17-18H,4-6,11H2,1-3H3,(H,19,20). The largest absolute Gasteiger partial charge is 0.497 e. The van der Waals surface area contributed by atoms with Crippen molar-refractivity contribution in [2.45, 2.75) is 45.2 Å². The van der Waals surface area contributed by atoms with Crippen LogP contribution in [0.5, 0.6) is 5.75 Å². The third kappa shape index (κ3) is 4.74. The van der Waals surface area contributed by atoms with Crippen LogP contribution in [0, 0.1) is 5.92 Å². The van der Waals surface area contributed by atoms with Gasteiger partial charge in [-0.1, -0.05) is 19.1 Å². The van der Waals surface area contributed by atoms with E-state index in [1.165, 1.54) is 12.8 Å².